The number of aromatic nitrogens is 2. The Kier molecular flexibility index (Phi) is 5.22. The van der Waals surface area contributed by atoms with Gasteiger partial charge in [-0.3, -0.25) is 9.48 Å². The van der Waals surface area contributed by atoms with Gasteiger partial charge in [0, 0.05) is 38.7 Å². The number of rotatable bonds is 3. The molecule has 2 aliphatic heterocycles. The summed E-state index contributed by atoms with van der Waals surface area (Å²) in [6.45, 7) is 7.65. The van der Waals surface area contributed by atoms with Crippen LogP contribution in [0, 0.1) is 0 Å². The molecule has 0 aromatic carbocycles. The predicted octanol–water partition coefficient (Wildman–Crippen LogP) is 1.62. The van der Waals surface area contributed by atoms with E-state index in [1.165, 1.54) is 0 Å². The number of carbonyl (C=O) groups is 2. The molecule has 144 valence electrons. The summed E-state index contributed by atoms with van der Waals surface area (Å²) < 4.78 is 12.6. The average molecular weight is 364 g/mol. The van der Waals surface area contributed by atoms with Crippen molar-refractivity contribution in [2.24, 2.45) is 7.05 Å². The fraction of sp³-hybridized carbons (Fsp3) is 0.722. The number of nitrogens with zero attached hydrogens (tertiary/aromatic N) is 3. The number of nitrogens with one attached hydrogen (secondary N) is 1. The highest BCUT2D eigenvalue weighted by Gasteiger charge is 2.31. The Morgan fingerprint density at radius 3 is 2.81 bits per heavy atom. The van der Waals surface area contributed by atoms with Crippen molar-refractivity contribution in [3.8, 4) is 0 Å². The molecule has 2 aliphatic rings. The second-order valence-corrected chi connectivity index (χ2v) is 7.89. The van der Waals surface area contributed by atoms with E-state index in [-0.39, 0.29) is 18.1 Å². The lowest BCUT2D eigenvalue weighted by Gasteiger charge is -2.29. The lowest BCUT2D eigenvalue weighted by atomic mass is 10.1. The first-order valence-corrected chi connectivity index (χ1v) is 9.17. The van der Waals surface area contributed by atoms with Gasteiger partial charge in [-0.05, 0) is 33.6 Å². The third kappa shape index (κ3) is 4.17. The van der Waals surface area contributed by atoms with Crippen LogP contribution in [0.5, 0.6) is 0 Å². The van der Waals surface area contributed by atoms with Gasteiger partial charge in [-0.25, -0.2) is 4.79 Å². The Morgan fingerprint density at radius 1 is 1.38 bits per heavy atom. The Balaban J connectivity index is 1.70. The lowest BCUT2D eigenvalue weighted by Crippen LogP contribution is -2.40. The van der Waals surface area contributed by atoms with E-state index >= 15 is 0 Å². The first-order valence-electron chi connectivity index (χ1n) is 9.17. The molecule has 8 nitrogen and oxygen atoms in total. The van der Waals surface area contributed by atoms with Gasteiger partial charge in [0.05, 0.1) is 18.3 Å². The van der Waals surface area contributed by atoms with E-state index in [9.17, 15) is 9.59 Å². The molecule has 8 heteroatoms. The zero-order chi connectivity index (χ0) is 18.9. The highest BCUT2D eigenvalue weighted by atomic mass is 16.6. The molecule has 0 spiro atoms. The molecule has 3 heterocycles. The summed E-state index contributed by atoms with van der Waals surface area (Å²) in [4.78, 5) is 26.7. The van der Waals surface area contributed by atoms with Gasteiger partial charge in [-0.2, -0.15) is 5.10 Å². The van der Waals surface area contributed by atoms with Crippen LogP contribution in [0.4, 0.5) is 4.79 Å². The second kappa shape index (κ2) is 7.26. The highest BCUT2D eigenvalue weighted by Crippen LogP contribution is 2.23. The summed E-state index contributed by atoms with van der Waals surface area (Å²) in [5.41, 5.74) is 1.63. The first kappa shape index (κ1) is 18.7. The summed E-state index contributed by atoms with van der Waals surface area (Å²) in [6, 6.07) is 0. The number of amides is 2. The molecular formula is C18H28N4O4. The van der Waals surface area contributed by atoms with Gasteiger partial charge in [-0.1, -0.05) is 0 Å². The van der Waals surface area contributed by atoms with Gasteiger partial charge in [0.1, 0.15) is 11.3 Å². The Hall–Kier alpha value is -2.09. The van der Waals surface area contributed by atoms with E-state index in [0.29, 0.717) is 31.7 Å². The number of carbonyl (C=O) groups excluding carboxylic acids is 2. The summed E-state index contributed by atoms with van der Waals surface area (Å²) in [6.07, 6.45) is 2.34. The number of hydrogen-bond acceptors (Lipinski definition) is 5. The molecule has 0 radical (unpaired) electrons. The van der Waals surface area contributed by atoms with E-state index in [0.717, 1.165) is 30.7 Å². The number of aryl methyl sites for hydroxylation is 1. The molecule has 1 saturated heterocycles. The van der Waals surface area contributed by atoms with Crippen molar-refractivity contribution >= 4 is 12.0 Å². The van der Waals surface area contributed by atoms with Gasteiger partial charge >= 0.3 is 6.09 Å². The van der Waals surface area contributed by atoms with Crippen LogP contribution in [0.1, 0.15) is 55.4 Å². The van der Waals surface area contributed by atoms with E-state index < -0.39 is 5.60 Å². The maximum absolute atomic E-state index is 12.7. The van der Waals surface area contributed by atoms with E-state index in [4.69, 9.17) is 9.47 Å². The van der Waals surface area contributed by atoms with Crippen LogP contribution in [-0.4, -0.2) is 58.1 Å². The fourth-order valence-corrected chi connectivity index (χ4v) is 3.36. The fourth-order valence-electron chi connectivity index (χ4n) is 3.36. The molecule has 0 aliphatic carbocycles. The van der Waals surface area contributed by atoms with Crippen molar-refractivity contribution in [2.75, 3.05) is 19.7 Å². The van der Waals surface area contributed by atoms with Gasteiger partial charge < -0.3 is 19.7 Å². The molecule has 26 heavy (non-hydrogen) atoms. The van der Waals surface area contributed by atoms with E-state index in [2.05, 4.69) is 10.4 Å². The minimum atomic E-state index is -0.548. The predicted molar refractivity (Wildman–Crippen MR) is 94.9 cm³/mol. The van der Waals surface area contributed by atoms with Gasteiger partial charge in [-0.15, -0.1) is 0 Å². The molecule has 0 bridgehead atoms. The minimum absolute atomic E-state index is 0.0845. The summed E-state index contributed by atoms with van der Waals surface area (Å²) in [5.74, 6) is -0.178. The Labute approximate surface area is 153 Å². The smallest absolute Gasteiger partial charge is 0.410 e. The number of fused-ring (bicyclic) bond motifs is 1. The van der Waals surface area contributed by atoms with Crippen molar-refractivity contribution in [2.45, 2.75) is 58.3 Å². The molecule has 2 amide bonds. The summed E-state index contributed by atoms with van der Waals surface area (Å²) in [5, 5.41) is 7.41. The molecule has 1 aromatic heterocycles. The molecule has 1 aromatic rings. The molecule has 0 saturated carbocycles. The van der Waals surface area contributed by atoms with Crippen molar-refractivity contribution in [3.63, 3.8) is 0 Å². The third-order valence-corrected chi connectivity index (χ3v) is 4.58. The SMILES string of the molecule is Cn1nc2c(c1C(=O)NCC1CCCO1)CN(C(=O)OC(C)(C)C)CC2. The van der Waals surface area contributed by atoms with Crippen LogP contribution >= 0.6 is 0 Å². The topological polar surface area (TPSA) is 85.7 Å². The standard InChI is InChI=1S/C18H28N4O4/c1-18(2,3)26-17(24)22-8-7-14-13(11-22)15(21(4)20-14)16(23)19-10-12-6-5-9-25-12/h12H,5-11H2,1-4H3,(H,19,23). The normalized spacial score (nSPS) is 20.0. The van der Waals surface area contributed by atoms with Crippen LogP contribution in [-0.2, 0) is 29.5 Å². The zero-order valence-corrected chi connectivity index (χ0v) is 16.0. The summed E-state index contributed by atoms with van der Waals surface area (Å²) in [7, 11) is 1.76. The summed E-state index contributed by atoms with van der Waals surface area (Å²) >= 11 is 0. The minimum Gasteiger partial charge on any atom is -0.444 e. The molecule has 3 rings (SSSR count). The Morgan fingerprint density at radius 2 is 2.15 bits per heavy atom. The van der Waals surface area contributed by atoms with Crippen molar-refractivity contribution in [1.82, 2.24) is 20.0 Å². The van der Waals surface area contributed by atoms with Gasteiger partial charge in [0.25, 0.3) is 5.91 Å². The third-order valence-electron chi connectivity index (χ3n) is 4.58. The molecule has 1 atom stereocenters. The van der Waals surface area contributed by atoms with Crippen LogP contribution < -0.4 is 5.32 Å². The van der Waals surface area contributed by atoms with Crippen LogP contribution in [0.3, 0.4) is 0 Å². The quantitative estimate of drug-likeness (QED) is 0.881. The van der Waals surface area contributed by atoms with E-state index in [1.54, 1.807) is 16.6 Å². The molecule has 1 N–H and O–H groups in total. The Bertz CT molecular complexity index is 686. The van der Waals surface area contributed by atoms with Crippen LogP contribution in [0.15, 0.2) is 0 Å². The highest BCUT2D eigenvalue weighted by molar-refractivity contribution is 5.94. The van der Waals surface area contributed by atoms with Crippen molar-refractivity contribution in [3.05, 3.63) is 17.0 Å². The largest absolute Gasteiger partial charge is 0.444 e. The molecular weight excluding hydrogens is 336 g/mol. The average Bonchev–Trinajstić information content (AvgIpc) is 3.16. The van der Waals surface area contributed by atoms with Crippen LogP contribution in [0.25, 0.3) is 0 Å². The van der Waals surface area contributed by atoms with Gasteiger partial charge in [0.15, 0.2) is 0 Å². The zero-order valence-electron chi connectivity index (χ0n) is 16.0. The maximum Gasteiger partial charge on any atom is 0.410 e. The van der Waals surface area contributed by atoms with Gasteiger partial charge in [0.2, 0.25) is 0 Å². The second-order valence-electron chi connectivity index (χ2n) is 7.89. The number of hydrogen-bond donors (Lipinski definition) is 1. The van der Waals surface area contributed by atoms with Crippen LogP contribution in [0.2, 0.25) is 0 Å². The maximum atomic E-state index is 12.7. The first-order chi connectivity index (χ1) is 12.2. The van der Waals surface area contributed by atoms with Crippen molar-refractivity contribution < 1.29 is 19.1 Å². The monoisotopic (exact) mass is 364 g/mol. The molecule has 1 unspecified atom stereocenters. The number of ether oxygens (including phenoxy) is 2. The van der Waals surface area contributed by atoms with Crippen molar-refractivity contribution in [1.29, 1.82) is 0 Å². The van der Waals surface area contributed by atoms with E-state index in [1.807, 2.05) is 20.8 Å². The lowest BCUT2D eigenvalue weighted by molar-refractivity contribution is 0.0222. The molecule has 1 fully saturated rings.